The molecule has 168 valence electrons. The van der Waals surface area contributed by atoms with Crippen molar-refractivity contribution in [3.63, 3.8) is 0 Å². The molecular formula is C22H26F2N2O5. The molecule has 0 bridgehead atoms. The molecule has 3 rings (SSSR count). The van der Waals surface area contributed by atoms with Crippen LogP contribution >= 0.6 is 0 Å². The molecule has 1 heterocycles. The Morgan fingerprint density at radius 2 is 1.81 bits per heavy atom. The first kappa shape index (κ1) is 22.6. The fraction of sp³-hybridized carbons (Fsp3) is 0.409. The third-order valence-corrected chi connectivity index (χ3v) is 5.13. The lowest BCUT2D eigenvalue weighted by Crippen LogP contribution is -2.55. The van der Waals surface area contributed by atoms with Crippen LogP contribution in [-0.2, 0) is 11.2 Å². The number of rotatable bonds is 8. The molecule has 1 amide bonds. The number of methoxy groups -OCH3 is 3. The van der Waals surface area contributed by atoms with Crippen molar-refractivity contribution in [2.24, 2.45) is 0 Å². The molecule has 1 N–H and O–H groups in total. The maximum Gasteiger partial charge on any atom is 0.260 e. The van der Waals surface area contributed by atoms with E-state index in [2.05, 4.69) is 5.32 Å². The van der Waals surface area contributed by atoms with Gasteiger partial charge in [0.05, 0.1) is 21.3 Å². The van der Waals surface area contributed by atoms with Gasteiger partial charge in [0, 0.05) is 37.8 Å². The van der Waals surface area contributed by atoms with Crippen molar-refractivity contribution in [2.45, 2.75) is 12.5 Å². The Bertz CT molecular complexity index is 900. The quantitative estimate of drug-likeness (QED) is 0.686. The van der Waals surface area contributed by atoms with Crippen LogP contribution in [0.3, 0.4) is 0 Å². The molecule has 1 aliphatic heterocycles. The van der Waals surface area contributed by atoms with E-state index < -0.39 is 11.6 Å². The van der Waals surface area contributed by atoms with Crippen molar-refractivity contribution in [1.82, 2.24) is 10.2 Å². The van der Waals surface area contributed by atoms with Gasteiger partial charge in [-0.15, -0.1) is 0 Å². The molecule has 0 aliphatic carbocycles. The van der Waals surface area contributed by atoms with E-state index in [-0.39, 0.29) is 30.5 Å². The van der Waals surface area contributed by atoms with Crippen LogP contribution in [-0.4, -0.2) is 64.4 Å². The minimum absolute atomic E-state index is 0.201. The normalized spacial score (nSPS) is 16.0. The topological polar surface area (TPSA) is 69.3 Å². The zero-order chi connectivity index (χ0) is 22.4. The Morgan fingerprint density at radius 1 is 1.10 bits per heavy atom. The van der Waals surface area contributed by atoms with Crippen LogP contribution < -0.4 is 24.3 Å². The molecule has 1 atom stereocenters. The lowest BCUT2D eigenvalue weighted by Gasteiger charge is -2.36. The predicted molar refractivity (Wildman–Crippen MR) is 110 cm³/mol. The van der Waals surface area contributed by atoms with E-state index >= 15 is 0 Å². The molecule has 1 unspecified atom stereocenters. The zero-order valence-corrected chi connectivity index (χ0v) is 17.7. The Labute approximate surface area is 179 Å². The highest BCUT2D eigenvalue weighted by atomic mass is 19.1. The SMILES string of the molecule is COc1cc(OCC(=O)N2CCNCC2Cc2cc(F)ccc2F)cc(OC)c1OC. The molecule has 31 heavy (non-hydrogen) atoms. The molecule has 0 spiro atoms. The predicted octanol–water partition coefficient (Wildman–Crippen LogP) is 2.41. The summed E-state index contributed by atoms with van der Waals surface area (Å²) in [5.41, 5.74) is 0.233. The van der Waals surface area contributed by atoms with Crippen LogP contribution in [0.2, 0.25) is 0 Å². The number of carbonyl (C=O) groups is 1. The van der Waals surface area contributed by atoms with Crippen LogP contribution in [0.15, 0.2) is 30.3 Å². The minimum Gasteiger partial charge on any atom is -0.493 e. The van der Waals surface area contributed by atoms with Crippen LogP contribution in [0.5, 0.6) is 23.0 Å². The van der Waals surface area contributed by atoms with Gasteiger partial charge in [-0.05, 0) is 30.2 Å². The highest BCUT2D eigenvalue weighted by Crippen LogP contribution is 2.40. The zero-order valence-electron chi connectivity index (χ0n) is 17.7. The van der Waals surface area contributed by atoms with Gasteiger partial charge < -0.3 is 29.2 Å². The van der Waals surface area contributed by atoms with E-state index in [1.165, 1.54) is 27.4 Å². The highest BCUT2D eigenvalue weighted by Gasteiger charge is 2.28. The Balaban J connectivity index is 1.70. The lowest BCUT2D eigenvalue weighted by molar-refractivity contribution is -0.136. The van der Waals surface area contributed by atoms with Crippen LogP contribution in [0.25, 0.3) is 0 Å². The van der Waals surface area contributed by atoms with E-state index in [1.54, 1.807) is 17.0 Å². The average molecular weight is 436 g/mol. The van der Waals surface area contributed by atoms with E-state index in [1.807, 2.05) is 0 Å². The van der Waals surface area contributed by atoms with E-state index in [9.17, 15) is 13.6 Å². The van der Waals surface area contributed by atoms with E-state index in [0.29, 0.717) is 42.6 Å². The monoisotopic (exact) mass is 436 g/mol. The van der Waals surface area contributed by atoms with Crippen molar-refractivity contribution in [3.05, 3.63) is 47.5 Å². The number of ether oxygens (including phenoxy) is 4. The third kappa shape index (κ3) is 5.35. The second kappa shape index (κ2) is 10.3. The van der Waals surface area contributed by atoms with Crippen molar-refractivity contribution < 1.29 is 32.5 Å². The number of nitrogens with zero attached hydrogens (tertiary/aromatic N) is 1. The molecule has 1 saturated heterocycles. The highest BCUT2D eigenvalue weighted by molar-refractivity contribution is 5.78. The number of halogens is 2. The van der Waals surface area contributed by atoms with Crippen LogP contribution in [0.4, 0.5) is 8.78 Å². The summed E-state index contributed by atoms with van der Waals surface area (Å²) in [6.45, 7) is 1.31. The summed E-state index contributed by atoms with van der Waals surface area (Å²) in [6.07, 6.45) is 0.201. The van der Waals surface area contributed by atoms with Gasteiger partial charge in [-0.25, -0.2) is 8.78 Å². The second-order valence-corrected chi connectivity index (χ2v) is 7.03. The number of carbonyl (C=O) groups excluding carboxylic acids is 1. The van der Waals surface area contributed by atoms with Crippen molar-refractivity contribution >= 4 is 5.91 Å². The molecule has 2 aromatic rings. The maximum absolute atomic E-state index is 14.1. The molecule has 1 aliphatic rings. The minimum atomic E-state index is -0.510. The molecule has 0 radical (unpaired) electrons. The van der Waals surface area contributed by atoms with Gasteiger partial charge >= 0.3 is 0 Å². The van der Waals surface area contributed by atoms with Gasteiger partial charge in [-0.2, -0.15) is 0 Å². The smallest absolute Gasteiger partial charge is 0.260 e. The summed E-state index contributed by atoms with van der Waals surface area (Å²) in [5.74, 6) is 0.361. The fourth-order valence-electron chi connectivity index (χ4n) is 3.59. The summed E-state index contributed by atoms with van der Waals surface area (Å²) < 4.78 is 49.2. The van der Waals surface area contributed by atoms with Crippen molar-refractivity contribution in [3.8, 4) is 23.0 Å². The fourth-order valence-corrected chi connectivity index (χ4v) is 3.59. The molecule has 1 fully saturated rings. The summed E-state index contributed by atoms with van der Waals surface area (Å²) in [7, 11) is 4.47. The van der Waals surface area contributed by atoms with Gasteiger partial charge in [0.1, 0.15) is 17.4 Å². The number of hydrogen-bond acceptors (Lipinski definition) is 6. The largest absolute Gasteiger partial charge is 0.493 e. The van der Waals surface area contributed by atoms with Gasteiger partial charge in [0.15, 0.2) is 18.1 Å². The van der Waals surface area contributed by atoms with Crippen molar-refractivity contribution in [2.75, 3.05) is 47.6 Å². The Kier molecular flexibility index (Phi) is 7.51. The molecule has 7 nitrogen and oxygen atoms in total. The number of piperazine rings is 1. The first-order valence-corrected chi connectivity index (χ1v) is 9.83. The number of amides is 1. The second-order valence-electron chi connectivity index (χ2n) is 7.03. The molecule has 0 aromatic heterocycles. The summed E-state index contributed by atoms with van der Waals surface area (Å²) in [6, 6.07) is 6.23. The molecule has 9 heteroatoms. The van der Waals surface area contributed by atoms with Crippen LogP contribution in [0, 0.1) is 11.6 Å². The Hall–Kier alpha value is -3.07. The lowest BCUT2D eigenvalue weighted by atomic mass is 10.0. The average Bonchev–Trinajstić information content (AvgIpc) is 2.79. The first-order valence-electron chi connectivity index (χ1n) is 9.83. The third-order valence-electron chi connectivity index (χ3n) is 5.13. The molecule has 0 saturated carbocycles. The molecular weight excluding hydrogens is 410 g/mol. The van der Waals surface area contributed by atoms with E-state index in [4.69, 9.17) is 18.9 Å². The van der Waals surface area contributed by atoms with Gasteiger partial charge in [0.25, 0.3) is 5.91 Å². The number of benzene rings is 2. The Morgan fingerprint density at radius 3 is 2.45 bits per heavy atom. The van der Waals surface area contributed by atoms with Gasteiger partial charge in [-0.1, -0.05) is 0 Å². The summed E-state index contributed by atoms with van der Waals surface area (Å²) in [4.78, 5) is 14.5. The summed E-state index contributed by atoms with van der Waals surface area (Å²) in [5, 5.41) is 3.19. The maximum atomic E-state index is 14.1. The van der Waals surface area contributed by atoms with Gasteiger partial charge in [0.2, 0.25) is 5.75 Å². The van der Waals surface area contributed by atoms with Crippen LogP contribution in [0.1, 0.15) is 5.56 Å². The number of hydrogen-bond donors (Lipinski definition) is 1. The van der Waals surface area contributed by atoms with Crippen molar-refractivity contribution in [1.29, 1.82) is 0 Å². The first-order chi connectivity index (χ1) is 15.0. The number of nitrogens with one attached hydrogen (secondary N) is 1. The van der Waals surface area contributed by atoms with Gasteiger partial charge in [-0.3, -0.25) is 4.79 Å². The standard InChI is InChI=1S/C22H26F2N2O5/c1-28-19-10-17(11-20(29-2)22(19)30-3)31-13-21(27)26-7-6-25-12-16(26)9-14-8-15(23)4-5-18(14)24/h4-5,8,10-11,16,25H,6-7,9,12-13H2,1-3H3. The molecule has 2 aromatic carbocycles. The summed E-state index contributed by atoms with van der Waals surface area (Å²) >= 11 is 0. The van der Waals surface area contributed by atoms with E-state index in [0.717, 1.165) is 12.1 Å².